The molecule has 0 heterocycles. The molecule has 0 fully saturated rings. The lowest BCUT2D eigenvalue weighted by Crippen LogP contribution is -2.41. The summed E-state index contributed by atoms with van der Waals surface area (Å²) in [6.07, 6.45) is 0. The van der Waals surface area contributed by atoms with Crippen LogP contribution in [0.5, 0.6) is 0 Å². The van der Waals surface area contributed by atoms with Crippen molar-refractivity contribution >= 4 is 11.6 Å². The van der Waals surface area contributed by atoms with Gasteiger partial charge in [-0.3, -0.25) is 4.79 Å². The van der Waals surface area contributed by atoms with E-state index < -0.39 is 6.04 Å². The molecule has 1 atom stereocenters. The van der Waals surface area contributed by atoms with Gasteiger partial charge in [0, 0.05) is 6.04 Å². The number of carbonyl (C=O) groups excluding carboxylic acids is 1. The van der Waals surface area contributed by atoms with Crippen molar-refractivity contribution in [3.05, 3.63) is 30.1 Å². The molecule has 16 heavy (non-hydrogen) atoms. The Morgan fingerprint density at radius 2 is 1.88 bits per heavy atom. The number of carbonyl (C=O) groups is 1. The van der Waals surface area contributed by atoms with Gasteiger partial charge in [0.1, 0.15) is 11.9 Å². The van der Waals surface area contributed by atoms with E-state index in [2.05, 4.69) is 10.6 Å². The van der Waals surface area contributed by atoms with Crippen molar-refractivity contribution in [3.63, 3.8) is 0 Å². The number of amides is 1. The molecule has 0 aromatic heterocycles. The lowest BCUT2D eigenvalue weighted by atomic mass is 10.2. The van der Waals surface area contributed by atoms with Gasteiger partial charge in [-0.2, -0.15) is 0 Å². The first-order valence-corrected chi connectivity index (χ1v) is 5.32. The van der Waals surface area contributed by atoms with Crippen LogP contribution in [0.15, 0.2) is 24.3 Å². The normalized spacial score (nSPS) is 12.3. The highest BCUT2D eigenvalue weighted by Crippen LogP contribution is 2.13. The molecule has 1 aromatic rings. The average molecular weight is 224 g/mol. The van der Waals surface area contributed by atoms with E-state index in [1.54, 1.807) is 25.1 Å². The fraction of sp³-hybridized carbons (Fsp3) is 0.417. The lowest BCUT2D eigenvalue weighted by molar-refractivity contribution is -0.122. The van der Waals surface area contributed by atoms with Crippen molar-refractivity contribution in [1.82, 2.24) is 5.32 Å². The summed E-state index contributed by atoms with van der Waals surface area (Å²) in [5.74, 6) is -0.495. The molecule has 0 aliphatic heterocycles. The molecule has 3 nitrogen and oxygen atoms in total. The summed E-state index contributed by atoms with van der Waals surface area (Å²) in [7, 11) is 0. The molecule has 0 radical (unpaired) electrons. The summed E-state index contributed by atoms with van der Waals surface area (Å²) in [4.78, 5) is 11.6. The molecule has 1 aromatic carbocycles. The maximum absolute atomic E-state index is 13.3. The topological polar surface area (TPSA) is 41.1 Å². The molecule has 1 rings (SSSR count). The number of nitrogens with one attached hydrogen (secondary N) is 2. The largest absolute Gasteiger partial charge is 0.372 e. The van der Waals surface area contributed by atoms with Gasteiger partial charge >= 0.3 is 0 Å². The van der Waals surface area contributed by atoms with Gasteiger partial charge in [0.2, 0.25) is 5.91 Å². The van der Waals surface area contributed by atoms with E-state index in [1.807, 2.05) is 13.8 Å². The van der Waals surface area contributed by atoms with Crippen LogP contribution >= 0.6 is 0 Å². The highest BCUT2D eigenvalue weighted by atomic mass is 19.1. The Bertz CT molecular complexity index is 366. The Hall–Kier alpha value is -1.58. The Kier molecular flexibility index (Phi) is 4.28. The zero-order valence-electron chi connectivity index (χ0n) is 9.75. The van der Waals surface area contributed by atoms with Gasteiger partial charge in [-0.25, -0.2) is 4.39 Å². The maximum Gasteiger partial charge on any atom is 0.242 e. The minimum atomic E-state index is -0.459. The summed E-state index contributed by atoms with van der Waals surface area (Å²) < 4.78 is 13.3. The van der Waals surface area contributed by atoms with Gasteiger partial charge < -0.3 is 10.6 Å². The molecule has 0 bridgehead atoms. The number of halogens is 1. The Labute approximate surface area is 95.0 Å². The summed E-state index contributed by atoms with van der Waals surface area (Å²) in [6, 6.07) is 5.92. The van der Waals surface area contributed by atoms with E-state index in [1.165, 1.54) is 6.07 Å². The van der Waals surface area contributed by atoms with Crippen LogP contribution in [0.1, 0.15) is 20.8 Å². The zero-order chi connectivity index (χ0) is 12.1. The van der Waals surface area contributed by atoms with Crippen molar-refractivity contribution in [2.75, 3.05) is 5.32 Å². The maximum atomic E-state index is 13.3. The summed E-state index contributed by atoms with van der Waals surface area (Å²) in [5.41, 5.74) is 0.342. The third-order valence-corrected chi connectivity index (χ3v) is 2.07. The Morgan fingerprint density at radius 3 is 2.44 bits per heavy atom. The van der Waals surface area contributed by atoms with E-state index >= 15 is 0 Å². The van der Waals surface area contributed by atoms with Gasteiger partial charge in [-0.15, -0.1) is 0 Å². The molecule has 0 aliphatic carbocycles. The van der Waals surface area contributed by atoms with Gasteiger partial charge in [-0.1, -0.05) is 12.1 Å². The Balaban J connectivity index is 2.61. The molecular formula is C12H17FN2O. The van der Waals surface area contributed by atoms with Crippen LogP contribution in [0.3, 0.4) is 0 Å². The second-order valence-corrected chi connectivity index (χ2v) is 4.01. The van der Waals surface area contributed by atoms with E-state index in [0.29, 0.717) is 5.69 Å². The zero-order valence-corrected chi connectivity index (χ0v) is 9.75. The molecule has 1 amide bonds. The van der Waals surface area contributed by atoms with Crippen LogP contribution in [0.25, 0.3) is 0 Å². The number of benzene rings is 1. The lowest BCUT2D eigenvalue weighted by Gasteiger charge is -2.17. The molecule has 0 saturated heterocycles. The standard InChI is InChI=1S/C12H17FN2O/c1-8(2)14-12(16)9(3)15-11-7-5-4-6-10(11)13/h4-9,15H,1-3H3,(H,14,16). The van der Waals surface area contributed by atoms with Crippen LogP contribution in [0.4, 0.5) is 10.1 Å². The number of hydrogen-bond acceptors (Lipinski definition) is 2. The Morgan fingerprint density at radius 1 is 1.25 bits per heavy atom. The van der Waals surface area contributed by atoms with Crippen LogP contribution in [0, 0.1) is 5.82 Å². The highest BCUT2D eigenvalue weighted by molar-refractivity contribution is 5.84. The van der Waals surface area contributed by atoms with Gasteiger partial charge in [0.15, 0.2) is 0 Å². The molecule has 4 heteroatoms. The van der Waals surface area contributed by atoms with Gasteiger partial charge in [0.25, 0.3) is 0 Å². The minimum absolute atomic E-state index is 0.0809. The van der Waals surface area contributed by atoms with Crippen LogP contribution in [-0.2, 0) is 4.79 Å². The van der Waals surface area contributed by atoms with Gasteiger partial charge in [0.05, 0.1) is 5.69 Å². The second-order valence-electron chi connectivity index (χ2n) is 4.01. The quantitative estimate of drug-likeness (QED) is 0.822. The van der Waals surface area contributed by atoms with Crippen LogP contribution in [-0.4, -0.2) is 18.0 Å². The predicted octanol–water partition coefficient (Wildman–Crippen LogP) is 2.15. The molecule has 1 unspecified atom stereocenters. The van der Waals surface area contributed by atoms with E-state index in [-0.39, 0.29) is 17.8 Å². The molecule has 0 spiro atoms. The predicted molar refractivity (Wildman–Crippen MR) is 62.8 cm³/mol. The van der Waals surface area contributed by atoms with E-state index in [9.17, 15) is 9.18 Å². The van der Waals surface area contributed by atoms with Crippen LogP contribution < -0.4 is 10.6 Å². The summed E-state index contributed by atoms with van der Waals surface area (Å²) >= 11 is 0. The fourth-order valence-electron chi connectivity index (χ4n) is 1.29. The van der Waals surface area contributed by atoms with Crippen molar-refractivity contribution in [2.24, 2.45) is 0 Å². The molecular weight excluding hydrogens is 207 g/mol. The van der Waals surface area contributed by atoms with Crippen molar-refractivity contribution in [3.8, 4) is 0 Å². The van der Waals surface area contributed by atoms with Gasteiger partial charge in [-0.05, 0) is 32.9 Å². The molecule has 88 valence electrons. The van der Waals surface area contributed by atoms with E-state index in [0.717, 1.165) is 0 Å². The van der Waals surface area contributed by atoms with E-state index in [4.69, 9.17) is 0 Å². The first-order chi connectivity index (χ1) is 7.50. The van der Waals surface area contributed by atoms with Crippen molar-refractivity contribution < 1.29 is 9.18 Å². The number of para-hydroxylation sites is 1. The first kappa shape index (κ1) is 12.5. The monoisotopic (exact) mass is 224 g/mol. The third kappa shape index (κ3) is 3.53. The first-order valence-electron chi connectivity index (χ1n) is 5.32. The number of rotatable bonds is 4. The average Bonchev–Trinajstić information content (AvgIpc) is 2.20. The van der Waals surface area contributed by atoms with Crippen molar-refractivity contribution in [2.45, 2.75) is 32.9 Å². The number of anilines is 1. The number of hydrogen-bond donors (Lipinski definition) is 2. The van der Waals surface area contributed by atoms with Crippen molar-refractivity contribution in [1.29, 1.82) is 0 Å². The summed E-state index contributed by atoms with van der Waals surface area (Å²) in [5, 5.41) is 5.59. The molecule has 2 N–H and O–H groups in total. The molecule has 0 saturated carbocycles. The van der Waals surface area contributed by atoms with Crippen LogP contribution in [0.2, 0.25) is 0 Å². The smallest absolute Gasteiger partial charge is 0.242 e. The highest BCUT2D eigenvalue weighted by Gasteiger charge is 2.14. The molecule has 0 aliphatic rings. The SMILES string of the molecule is CC(C)NC(=O)C(C)Nc1ccccc1F. The minimum Gasteiger partial charge on any atom is -0.372 e. The second kappa shape index (κ2) is 5.49. The fourth-order valence-corrected chi connectivity index (χ4v) is 1.29. The third-order valence-electron chi connectivity index (χ3n) is 2.07. The summed E-state index contributed by atoms with van der Waals surface area (Å²) in [6.45, 7) is 5.46.